The molecule has 1 aromatic rings. The Morgan fingerprint density at radius 3 is 2.11 bits per heavy atom. The number of hydrogen-bond acceptors (Lipinski definition) is 3. The van der Waals surface area contributed by atoms with Gasteiger partial charge in [-0.2, -0.15) is 0 Å². The van der Waals surface area contributed by atoms with Gasteiger partial charge in [-0.1, -0.05) is 17.7 Å². The summed E-state index contributed by atoms with van der Waals surface area (Å²) < 4.78 is 4.79. The van der Waals surface area contributed by atoms with Crippen LogP contribution in [0.5, 0.6) is 0 Å². The van der Waals surface area contributed by atoms with Gasteiger partial charge in [0.15, 0.2) is 0 Å². The van der Waals surface area contributed by atoms with Gasteiger partial charge in [0.25, 0.3) is 0 Å². The SMILES string of the molecule is COC(=O)CC(c1c(C)cc(C)cc1C)N(C)C. The van der Waals surface area contributed by atoms with E-state index in [2.05, 4.69) is 37.8 Å². The summed E-state index contributed by atoms with van der Waals surface area (Å²) in [6, 6.07) is 4.39. The molecule has 0 saturated heterocycles. The van der Waals surface area contributed by atoms with Gasteiger partial charge < -0.3 is 9.64 Å². The minimum atomic E-state index is -0.173. The second-order valence-electron chi connectivity index (χ2n) is 5.07. The fourth-order valence-electron chi connectivity index (χ4n) is 2.50. The zero-order chi connectivity index (χ0) is 13.9. The number of carbonyl (C=O) groups is 1. The van der Waals surface area contributed by atoms with E-state index in [1.54, 1.807) is 0 Å². The standard InChI is InChI=1S/C15H23NO2/c1-10-7-11(2)15(12(3)8-10)13(16(4)5)9-14(17)18-6/h7-8,13H,9H2,1-6H3. The molecule has 0 radical (unpaired) electrons. The Balaban J connectivity index is 3.18. The number of nitrogens with zero attached hydrogens (tertiary/aromatic N) is 1. The first-order valence-electron chi connectivity index (χ1n) is 6.17. The highest BCUT2D eigenvalue weighted by molar-refractivity contribution is 5.70. The highest BCUT2D eigenvalue weighted by Gasteiger charge is 2.22. The summed E-state index contributed by atoms with van der Waals surface area (Å²) in [6.07, 6.45) is 0.383. The third kappa shape index (κ3) is 3.33. The van der Waals surface area contributed by atoms with Crippen molar-refractivity contribution in [2.75, 3.05) is 21.2 Å². The summed E-state index contributed by atoms with van der Waals surface area (Å²) in [5, 5.41) is 0. The van der Waals surface area contributed by atoms with Gasteiger partial charge in [0, 0.05) is 6.04 Å². The lowest BCUT2D eigenvalue weighted by atomic mass is 9.92. The fraction of sp³-hybridized carbons (Fsp3) is 0.533. The maximum absolute atomic E-state index is 11.5. The average molecular weight is 249 g/mol. The van der Waals surface area contributed by atoms with Gasteiger partial charge in [-0.15, -0.1) is 0 Å². The third-order valence-corrected chi connectivity index (χ3v) is 3.28. The minimum Gasteiger partial charge on any atom is -0.469 e. The fourth-order valence-corrected chi connectivity index (χ4v) is 2.50. The first-order valence-corrected chi connectivity index (χ1v) is 6.17. The summed E-state index contributed by atoms with van der Waals surface area (Å²) in [6.45, 7) is 6.29. The van der Waals surface area contributed by atoms with Crippen molar-refractivity contribution in [3.8, 4) is 0 Å². The molecule has 0 aliphatic heterocycles. The normalized spacial score (nSPS) is 12.6. The van der Waals surface area contributed by atoms with Crippen LogP contribution in [0.15, 0.2) is 12.1 Å². The number of methoxy groups -OCH3 is 1. The molecule has 0 saturated carbocycles. The summed E-state index contributed by atoms with van der Waals surface area (Å²) in [5.74, 6) is -0.173. The van der Waals surface area contributed by atoms with Crippen LogP contribution in [0.25, 0.3) is 0 Å². The van der Waals surface area contributed by atoms with Crippen molar-refractivity contribution in [1.82, 2.24) is 4.90 Å². The topological polar surface area (TPSA) is 29.5 Å². The van der Waals surface area contributed by atoms with Crippen molar-refractivity contribution in [2.24, 2.45) is 0 Å². The summed E-state index contributed by atoms with van der Waals surface area (Å²) in [7, 11) is 5.42. The summed E-state index contributed by atoms with van der Waals surface area (Å²) >= 11 is 0. The molecule has 1 unspecified atom stereocenters. The van der Waals surface area contributed by atoms with Gasteiger partial charge in [0.1, 0.15) is 0 Å². The van der Waals surface area contributed by atoms with E-state index >= 15 is 0 Å². The molecule has 3 heteroatoms. The van der Waals surface area contributed by atoms with Crippen molar-refractivity contribution >= 4 is 5.97 Å². The number of carbonyl (C=O) groups excluding carboxylic acids is 1. The van der Waals surface area contributed by atoms with E-state index in [9.17, 15) is 4.79 Å². The molecule has 0 aliphatic rings. The molecule has 0 N–H and O–H groups in total. The van der Waals surface area contributed by atoms with Gasteiger partial charge in [0.2, 0.25) is 0 Å². The Hall–Kier alpha value is -1.35. The first kappa shape index (κ1) is 14.7. The van der Waals surface area contributed by atoms with Crippen molar-refractivity contribution in [3.05, 3.63) is 34.4 Å². The second-order valence-corrected chi connectivity index (χ2v) is 5.07. The second kappa shape index (κ2) is 6.01. The minimum absolute atomic E-state index is 0.0676. The van der Waals surface area contributed by atoms with Crippen molar-refractivity contribution < 1.29 is 9.53 Å². The molecule has 0 fully saturated rings. The van der Waals surface area contributed by atoms with E-state index < -0.39 is 0 Å². The van der Waals surface area contributed by atoms with E-state index in [1.807, 2.05) is 14.1 Å². The lowest BCUT2D eigenvalue weighted by Gasteiger charge is -2.27. The highest BCUT2D eigenvalue weighted by atomic mass is 16.5. The van der Waals surface area contributed by atoms with Gasteiger partial charge in [-0.3, -0.25) is 4.79 Å². The Morgan fingerprint density at radius 2 is 1.72 bits per heavy atom. The maximum atomic E-state index is 11.5. The van der Waals surface area contributed by atoms with E-state index in [4.69, 9.17) is 4.74 Å². The first-order chi connectivity index (χ1) is 8.36. The number of ether oxygens (including phenoxy) is 1. The number of hydrogen-bond donors (Lipinski definition) is 0. The van der Waals surface area contributed by atoms with Crippen molar-refractivity contribution in [3.63, 3.8) is 0 Å². The van der Waals surface area contributed by atoms with Crippen LogP contribution in [0.3, 0.4) is 0 Å². The van der Waals surface area contributed by atoms with Crippen molar-refractivity contribution in [1.29, 1.82) is 0 Å². The molecule has 0 amide bonds. The number of esters is 1. The van der Waals surface area contributed by atoms with Gasteiger partial charge in [-0.05, 0) is 51.6 Å². The summed E-state index contributed by atoms with van der Waals surface area (Å²) in [4.78, 5) is 13.6. The molecule has 1 atom stereocenters. The molecule has 3 nitrogen and oxygen atoms in total. The van der Waals surface area contributed by atoms with Crippen LogP contribution in [-0.2, 0) is 9.53 Å². The molecule has 1 rings (SSSR count). The van der Waals surface area contributed by atoms with E-state index in [0.717, 1.165) is 0 Å². The molecule has 0 heterocycles. The van der Waals surface area contributed by atoms with E-state index in [0.29, 0.717) is 6.42 Å². The largest absolute Gasteiger partial charge is 0.469 e. The van der Waals surface area contributed by atoms with Crippen LogP contribution in [0.4, 0.5) is 0 Å². The predicted octanol–water partition coefficient (Wildman–Crippen LogP) is 2.78. The number of rotatable bonds is 4. The van der Waals surface area contributed by atoms with Crippen LogP contribution in [0.1, 0.15) is 34.7 Å². The highest BCUT2D eigenvalue weighted by Crippen LogP contribution is 2.29. The van der Waals surface area contributed by atoms with Crippen LogP contribution in [0, 0.1) is 20.8 Å². The van der Waals surface area contributed by atoms with E-state index in [1.165, 1.54) is 29.4 Å². The average Bonchev–Trinajstić information content (AvgIpc) is 2.25. The summed E-state index contributed by atoms with van der Waals surface area (Å²) in [5.41, 5.74) is 4.95. The van der Waals surface area contributed by atoms with Gasteiger partial charge in [-0.25, -0.2) is 0 Å². The molecular weight excluding hydrogens is 226 g/mol. The molecule has 0 bridgehead atoms. The lowest BCUT2D eigenvalue weighted by molar-refractivity contribution is -0.141. The molecule has 0 spiro atoms. The molecule has 1 aromatic carbocycles. The van der Waals surface area contributed by atoms with Crippen LogP contribution >= 0.6 is 0 Å². The monoisotopic (exact) mass is 249 g/mol. The van der Waals surface area contributed by atoms with Crippen LogP contribution < -0.4 is 0 Å². The predicted molar refractivity (Wildman–Crippen MR) is 73.7 cm³/mol. The van der Waals surface area contributed by atoms with Crippen LogP contribution in [0.2, 0.25) is 0 Å². The third-order valence-electron chi connectivity index (χ3n) is 3.28. The Kier molecular flexibility index (Phi) is 4.91. The Morgan fingerprint density at radius 1 is 1.22 bits per heavy atom. The Bertz CT molecular complexity index is 415. The Labute approximate surface area is 110 Å². The smallest absolute Gasteiger partial charge is 0.307 e. The number of benzene rings is 1. The zero-order valence-electron chi connectivity index (χ0n) is 12.2. The molecule has 0 aliphatic carbocycles. The molecular formula is C15H23NO2. The molecule has 0 aromatic heterocycles. The van der Waals surface area contributed by atoms with E-state index in [-0.39, 0.29) is 12.0 Å². The molecule has 100 valence electrons. The quantitative estimate of drug-likeness (QED) is 0.768. The number of aryl methyl sites for hydroxylation is 3. The zero-order valence-corrected chi connectivity index (χ0v) is 12.2. The van der Waals surface area contributed by atoms with Crippen molar-refractivity contribution in [2.45, 2.75) is 33.2 Å². The maximum Gasteiger partial charge on any atom is 0.307 e. The molecule has 18 heavy (non-hydrogen) atoms. The van der Waals surface area contributed by atoms with Crippen LogP contribution in [-0.4, -0.2) is 32.1 Å². The van der Waals surface area contributed by atoms with Gasteiger partial charge >= 0.3 is 5.97 Å². The van der Waals surface area contributed by atoms with Gasteiger partial charge in [0.05, 0.1) is 13.5 Å². The lowest BCUT2D eigenvalue weighted by Crippen LogP contribution is -2.25.